The van der Waals surface area contributed by atoms with Crippen LogP contribution in [0.2, 0.25) is 0 Å². The van der Waals surface area contributed by atoms with E-state index >= 15 is 0 Å². The lowest BCUT2D eigenvalue weighted by Gasteiger charge is -2.04. The van der Waals surface area contributed by atoms with Gasteiger partial charge in [0, 0.05) is 4.70 Å². The second kappa shape index (κ2) is 2.88. The normalized spacial score (nSPS) is 13.5. The van der Waals surface area contributed by atoms with Crippen LogP contribution in [0.25, 0.3) is 10.1 Å². The summed E-state index contributed by atoms with van der Waals surface area (Å²) in [6.45, 7) is 1.80. The zero-order valence-electron chi connectivity index (χ0n) is 6.82. The van der Waals surface area contributed by atoms with Crippen molar-refractivity contribution in [1.29, 1.82) is 0 Å². The Kier molecular flexibility index (Phi) is 1.87. The monoisotopic (exact) mass is 178 g/mol. The minimum Gasteiger partial charge on any atom is -0.389 e. The predicted molar refractivity (Wildman–Crippen MR) is 52.5 cm³/mol. The van der Waals surface area contributed by atoms with Crippen LogP contribution in [-0.4, -0.2) is 5.11 Å². The molecule has 0 amide bonds. The Bertz CT molecular complexity index is 389. The van der Waals surface area contributed by atoms with Crippen LogP contribution in [-0.2, 0) is 0 Å². The molecular weight excluding hydrogens is 168 g/mol. The van der Waals surface area contributed by atoms with Gasteiger partial charge in [-0.05, 0) is 29.3 Å². The number of rotatable bonds is 1. The Balaban J connectivity index is 2.73. The third-order valence-corrected chi connectivity index (χ3v) is 2.94. The van der Waals surface area contributed by atoms with Crippen LogP contribution < -0.4 is 0 Å². The molecule has 1 aromatic heterocycles. The van der Waals surface area contributed by atoms with Gasteiger partial charge < -0.3 is 5.11 Å². The maximum Gasteiger partial charge on any atom is 0.0775 e. The second-order valence-corrected chi connectivity index (χ2v) is 3.78. The van der Waals surface area contributed by atoms with Crippen LogP contribution in [0.5, 0.6) is 0 Å². The smallest absolute Gasteiger partial charge is 0.0775 e. The number of aliphatic hydroxyl groups excluding tert-OH is 1. The Hall–Kier alpha value is -0.860. The molecule has 0 saturated carbocycles. The molecule has 1 unspecified atom stereocenters. The van der Waals surface area contributed by atoms with Gasteiger partial charge in [-0.2, -0.15) is 0 Å². The molecule has 0 saturated heterocycles. The lowest BCUT2D eigenvalue weighted by molar-refractivity contribution is 0.201. The molecule has 0 spiro atoms. The molecular formula is C10H10OS. The second-order valence-electron chi connectivity index (χ2n) is 2.86. The summed E-state index contributed by atoms with van der Waals surface area (Å²) in [6.07, 6.45) is -0.368. The summed E-state index contributed by atoms with van der Waals surface area (Å²) >= 11 is 1.68. The minimum atomic E-state index is -0.368. The van der Waals surface area contributed by atoms with Gasteiger partial charge in [0.2, 0.25) is 0 Å². The van der Waals surface area contributed by atoms with Crippen molar-refractivity contribution in [2.45, 2.75) is 13.0 Å². The first kappa shape index (κ1) is 7.77. The van der Waals surface area contributed by atoms with E-state index in [-0.39, 0.29) is 6.10 Å². The fourth-order valence-corrected chi connectivity index (χ4v) is 2.34. The van der Waals surface area contributed by atoms with E-state index in [9.17, 15) is 5.11 Å². The van der Waals surface area contributed by atoms with E-state index in [0.717, 1.165) is 5.56 Å². The molecule has 2 rings (SSSR count). The van der Waals surface area contributed by atoms with Crippen LogP contribution in [0.15, 0.2) is 29.6 Å². The Morgan fingerprint density at radius 3 is 2.92 bits per heavy atom. The first-order valence-electron chi connectivity index (χ1n) is 3.93. The number of hydrogen-bond acceptors (Lipinski definition) is 2. The minimum absolute atomic E-state index is 0.368. The number of aliphatic hydroxyl groups is 1. The molecule has 62 valence electrons. The SMILES string of the molecule is CC(O)c1cccc2ccsc12. The summed E-state index contributed by atoms with van der Waals surface area (Å²) in [4.78, 5) is 0. The number of benzene rings is 1. The van der Waals surface area contributed by atoms with Crippen molar-refractivity contribution in [2.75, 3.05) is 0 Å². The molecule has 2 aromatic rings. The van der Waals surface area contributed by atoms with Crippen molar-refractivity contribution < 1.29 is 5.11 Å². The van der Waals surface area contributed by atoms with Gasteiger partial charge >= 0.3 is 0 Å². The molecule has 1 N–H and O–H groups in total. The number of fused-ring (bicyclic) bond motifs is 1. The summed E-state index contributed by atoms with van der Waals surface area (Å²) in [5.41, 5.74) is 1.03. The molecule has 0 aliphatic heterocycles. The molecule has 1 aromatic carbocycles. The molecule has 0 radical (unpaired) electrons. The molecule has 0 aliphatic rings. The summed E-state index contributed by atoms with van der Waals surface area (Å²) in [5, 5.41) is 12.7. The van der Waals surface area contributed by atoms with E-state index in [1.807, 2.05) is 12.1 Å². The van der Waals surface area contributed by atoms with Gasteiger partial charge in [-0.1, -0.05) is 18.2 Å². The number of thiophene rings is 1. The third kappa shape index (κ3) is 1.13. The van der Waals surface area contributed by atoms with Gasteiger partial charge in [0.1, 0.15) is 0 Å². The van der Waals surface area contributed by atoms with E-state index in [1.54, 1.807) is 18.3 Å². The molecule has 1 atom stereocenters. The molecule has 0 bridgehead atoms. The standard InChI is InChI=1S/C10H10OS/c1-7(11)9-4-2-3-8-5-6-12-10(8)9/h2-7,11H,1H3. The molecule has 12 heavy (non-hydrogen) atoms. The third-order valence-electron chi connectivity index (χ3n) is 1.96. The molecule has 0 aliphatic carbocycles. The van der Waals surface area contributed by atoms with Crippen LogP contribution in [0.3, 0.4) is 0 Å². The lowest BCUT2D eigenvalue weighted by atomic mass is 10.1. The first-order chi connectivity index (χ1) is 5.79. The van der Waals surface area contributed by atoms with E-state index in [2.05, 4.69) is 17.5 Å². The highest BCUT2D eigenvalue weighted by atomic mass is 32.1. The average molecular weight is 178 g/mol. The van der Waals surface area contributed by atoms with E-state index in [1.165, 1.54) is 10.1 Å². The fourth-order valence-electron chi connectivity index (χ4n) is 1.35. The van der Waals surface area contributed by atoms with Crippen molar-refractivity contribution in [3.8, 4) is 0 Å². The zero-order chi connectivity index (χ0) is 8.55. The van der Waals surface area contributed by atoms with Gasteiger partial charge in [0.15, 0.2) is 0 Å². The molecule has 2 heteroatoms. The van der Waals surface area contributed by atoms with Gasteiger partial charge in [0.05, 0.1) is 6.10 Å². The average Bonchev–Trinajstić information content (AvgIpc) is 2.49. The van der Waals surface area contributed by atoms with Crippen LogP contribution >= 0.6 is 11.3 Å². The lowest BCUT2D eigenvalue weighted by Crippen LogP contribution is -1.89. The summed E-state index contributed by atoms with van der Waals surface area (Å²) in [5.74, 6) is 0. The van der Waals surface area contributed by atoms with Gasteiger partial charge in [-0.25, -0.2) is 0 Å². The van der Waals surface area contributed by atoms with Crippen molar-refractivity contribution in [1.82, 2.24) is 0 Å². The Labute approximate surface area is 75.3 Å². The highest BCUT2D eigenvalue weighted by Gasteiger charge is 2.05. The molecule has 1 heterocycles. The van der Waals surface area contributed by atoms with Crippen LogP contribution in [0.4, 0.5) is 0 Å². The summed E-state index contributed by atoms with van der Waals surface area (Å²) < 4.78 is 1.20. The van der Waals surface area contributed by atoms with Gasteiger partial charge in [-0.15, -0.1) is 11.3 Å². The van der Waals surface area contributed by atoms with Gasteiger partial charge in [-0.3, -0.25) is 0 Å². The maximum absolute atomic E-state index is 9.45. The van der Waals surface area contributed by atoms with Crippen molar-refractivity contribution in [3.05, 3.63) is 35.2 Å². The Morgan fingerprint density at radius 2 is 2.17 bits per heavy atom. The topological polar surface area (TPSA) is 20.2 Å². The molecule has 0 fully saturated rings. The zero-order valence-corrected chi connectivity index (χ0v) is 7.64. The largest absolute Gasteiger partial charge is 0.389 e. The van der Waals surface area contributed by atoms with Crippen molar-refractivity contribution in [2.24, 2.45) is 0 Å². The highest BCUT2D eigenvalue weighted by molar-refractivity contribution is 7.17. The molecule has 1 nitrogen and oxygen atoms in total. The van der Waals surface area contributed by atoms with Crippen LogP contribution in [0, 0.1) is 0 Å². The van der Waals surface area contributed by atoms with E-state index < -0.39 is 0 Å². The van der Waals surface area contributed by atoms with E-state index in [4.69, 9.17) is 0 Å². The summed E-state index contributed by atoms with van der Waals surface area (Å²) in [6, 6.07) is 8.10. The first-order valence-corrected chi connectivity index (χ1v) is 4.81. The number of hydrogen-bond donors (Lipinski definition) is 1. The predicted octanol–water partition coefficient (Wildman–Crippen LogP) is 2.95. The van der Waals surface area contributed by atoms with Crippen LogP contribution in [0.1, 0.15) is 18.6 Å². The summed E-state index contributed by atoms with van der Waals surface area (Å²) in [7, 11) is 0. The quantitative estimate of drug-likeness (QED) is 0.711. The Morgan fingerprint density at radius 1 is 1.33 bits per heavy atom. The van der Waals surface area contributed by atoms with Gasteiger partial charge in [0.25, 0.3) is 0 Å². The van der Waals surface area contributed by atoms with Crippen molar-refractivity contribution >= 4 is 21.4 Å². The van der Waals surface area contributed by atoms with Crippen molar-refractivity contribution in [3.63, 3.8) is 0 Å². The highest BCUT2D eigenvalue weighted by Crippen LogP contribution is 2.28. The fraction of sp³-hybridized carbons (Fsp3) is 0.200. The maximum atomic E-state index is 9.45. The van der Waals surface area contributed by atoms with E-state index in [0.29, 0.717) is 0 Å².